The maximum Gasteiger partial charge on any atom is 0.310 e. The molecule has 7 heteroatoms. The van der Waals surface area contributed by atoms with E-state index >= 15 is 0 Å². The second-order valence-corrected chi connectivity index (χ2v) is 7.54. The SMILES string of the molecule is CCOC(=O)Cc1c(C)n(-c2ccc(Cl)cc2)c2cc(OC(C)=O)c(Br)cc12. The molecular formula is C21H19BrClNO4. The highest BCUT2D eigenvalue weighted by Gasteiger charge is 2.21. The Hall–Kier alpha value is -2.31. The van der Waals surface area contributed by atoms with Crippen LogP contribution in [-0.2, 0) is 20.7 Å². The van der Waals surface area contributed by atoms with Gasteiger partial charge in [0.25, 0.3) is 0 Å². The maximum absolute atomic E-state index is 12.2. The van der Waals surface area contributed by atoms with E-state index in [-0.39, 0.29) is 12.4 Å². The van der Waals surface area contributed by atoms with Crippen molar-refractivity contribution < 1.29 is 19.1 Å². The zero-order chi connectivity index (χ0) is 20.4. The number of halogens is 2. The van der Waals surface area contributed by atoms with Gasteiger partial charge >= 0.3 is 11.9 Å². The second kappa shape index (κ2) is 8.37. The molecule has 0 fully saturated rings. The Balaban J connectivity index is 2.26. The first-order chi connectivity index (χ1) is 13.3. The molecule has 0 amide bonds. The first-order valence-corrected chi connectivity index (χ1v) is 9.92. The summed E-state index contributed by atoms with van der Waals surface area (Å²) in [5.74, 6) is -0.288. The summed E-state index contributed by atoms with van der Waals surface area (Å²) in [6.07, 6.45) is 0.149. The van der Waals surface area contributed by atoms with E-state index < -0.39 is 5.97 Å². The van der Waals surface area contributed by atoms with Crippen LogP contribution in [0.5, 0.6) is 5.75 Å². The van der Waals surface area contributed by atoms with E-state index in [1.54, 1.807) is 25.1 Å². The Morgan fingerprint density at radius 3 is 2.46 bits per heavy atom. The molecule has 3 rings (SSSR count). The molecule has 1 heterocycles. The number of carbonyl (C=O) groups excluding carboxylic acids is 2. The lowest BCUT2D eigenvalue weighted by Gasteiger charge is -2.10. The molecule has 0 N–H and O–H groups in total. The highest BCUT2D eigenvalue weighted by Crippen LogP contribution is 2.37. The zero-order valence-corrected chi connectivity index (χ0v) is 18.1. The summed E-state index contributed by atoms with van der Waals surface area (Å²) in [5.41, 5.74) is 3.47. The van der Waals surface area contributed by atoms with Crippen LogP contribution in [0.4, 0.5) is 0 Å². The molecule has 0 aliphatic rings. The Kier molecular flexibility index (Phi) is 6.10. The van der Waals surface area contributed by atoms with Crippen molar-refractivity contribution in [2.24, 2.45) is 0 Å². The van der Waals surface area contributed by atoms with Crippen molar-refractivity contribution in [2.45, 2.75) is 27.2 Å². The van der Waals surface area contributed by atoms with Gasteiger partial charge < -0.3 is 14.0 Å². The maximum atomic E-state index is 12.2. The van der Waals surface area contributed by atoms with Gasteiger partial charge in [0.2, 0.25) is 0 Å². The Morgan fingerprint density at radius 1 is 1.18 bits per heavy atom. The summed E-state index contributed by atoms with van der Waals surface area (Å²) in [5, 5.41) is 1.51. The molecule has 5 nitrogen and oxygen atoms in total. The highest BCUT2D eigenvalue weighted by molar-refractivity contribution is 9.10. The van der Waals surface area contributed by atoms with Gasteiger partial charge in [-0.25, -0.2) is 0 Å². The zero-order valence-electron chi connectivity index (χ0n) is 15.7. The van der Waals surface area contributed by atoms with Gasteiger partial charge in [-0.15, -0.1) is 0 Å². The van der Waals surface area contributed by atoms with E-state index in [2.05, 4.69) is 15.9 Å². The fourth-order valence-electron chi connectivity index (χ4n) is 3.22. The third-order valence-corrected chi connectivity index (χ3v) is 5.23. The molecule has 28 heavy (non-hydrogen) atoms. The van der Waals surface area contributed by atoms with Crippen LogP contribution in [0.3, 0.4) is 0 Å². The van der Waals surface area contributed by atoms with Crippen molar-refractivity contribution in [1.29, 1.82) is 0 Å². The lowest BCUT2D eigenvalue weighted by Crippen LogP contribution is -2.08. The number of benzene rings is 2. The first kappa shape index (κ1) is 20.4. The van der Waals surface area contributed by atoms with Crippen LogP contribution >= 0.6 is 27.5 Å². The molecule has 0 aliphatic carbocycles. The molecular weight excluding hydrogens is 446 g/mol. The van der Waals surface area contributed by atoms with Crippen LogP contribution in [0.2, 0.25) is 5.02 Å². The topological polar surface area (TPSA) is 57.5 Å². The number of esters is 2. The number of fused-ring (bicyclic) bond motifs is 1. The van der Waals surface area contributed by atoms with Crippen molar-refractivity contribution in [1.82, 2.24) is 4.57 Å². The summed E-state index contributed by atoms with van der Waals surface area (Å²) in [6, 6.07) is 11.1. The van der Waals surface area contributed by atoms with Gasteiger partial charge in [0.1, 0.15) is 5.75 Å². The number of nitrogens with zero attached hydrogens (tertiary/aromatic N) is 1. The second-order valence-electron chi connectivity index (χ2n) is 6.25. The summed E-state index contributed by atoms with van der Waals surface area (Å²) in [7, 11) is 0. The van der Waals surface area contributed by atoms with E-state index in [0.29, 0.717) is 21.9 Å². The van der Waals surface area contributed by atoms with Crippen LogP contribution in [0.1, 0.15) is 25.1 Å². The summed E-state index contributed by atoms with van der Waals surface area (Å²) in [6.45, 7) is 5.41. The van der Waals surface area contributed by atoms with Gasteiger partial charge in [0.05, 0.1) is 23.0 Å². The predicted molar refractivity (Wildman–Crippen MR) is 112 cm³/mol. The molecule has 3 aromatic rings. The number of rotatable bonds is 5. The Morgan fingerprint density at radius 2 is 1.86 bits per heavy atom. The quantitative estimate of drug-likeness (QED) is 0.375. The molecule has 0 aliphatic heterocycles. The van der Waals surface area contributed by atoms with Crippen LogP contribution in [0.25, 0.3) is 16.6 Å². The molecule has 0 spiro atoms. The molecule has 0 bridgehead atoms. The largest absolute Gasteiger partial charge is 0.466 e. The third kappa shape index (κ3) is 4.08. The monoisotopic (exact) mass is 463 g/mol. The predicted octanol–water partition coefficient (Wildman–Crippen LogP) is 5.39. The smallest absolute Gasteiger partial charge is 0.310 e. The Bertz CT molecular complexity index is 1060. The minimum atomic E-state index is -0.409. The van der Waals surface area contributed by atoms with Gasteiger partial charge in [-0.2, -0.15) is 0 Å². The number of hydrogen-bond acceptors (Lipinski definition) is 4. The van der Waals surface area contributed by atoms with Gasteiger partial charge in [-0.1, -0.05) is 11.6 Å². The molecule has 0 saturated heterocycles. The van der Waals surface area contributed by atoms with E-state index in [0.717, 1.165) is 27.8 Å². The van der Waals surface area contributed by atoms with Crippen molar-refractivity contribution in [3.05, 3.63) is 57.2 Å². The molecule has 2 aromatic carbocycles. The average molecular weight is 465 g/mol. The van der Waals surface area contributed by atoms with Gasteiger partial charge in [-0.3, -0.25) is 9.59 Å². The molecule has 1 aromatic heterocycles. The van der Waals surface area contributed by atoms with Crippen molar-refractivity contribution in [3.63, 3.8) is 0 Å². The fraction of sp³-hybridized carbons (Fsp3) is 0.238. The first-order valence-electron chi connectivity index (χ1n) is 8.75. The molecule has 0 saturated carbocycles. The van der Waals surface area contributed by atoms with Crippen LogP contribution in [0.15, 0.2) is 40.9 Å². The lowest BCUT2D eigenvalue weighted by molar-refractivity contribution is -0.142. The normalized spacial score (nSPS) is 10.9. The van der Waals surface area contributed by atoms with E-state index in [1.807, 2.05) is 29.7 Å². The van der Waals surface area contributed by atoms with Crippen molar-refractivity contribution in [2.75, 3.05) is 6.61 Å². The van der Waals surface area contributed by atoms with Crippen LogP contribution in [0, 0.1) is 6.92 Å². The molecule has 146 valence electrons. The Labute approximate surface area is 176 Å². The average Bonchev–Trinajstić information content (AvgIpc) is 2.87. The van der Waals surface area contributed by atoms with E-state index in [1.165, 1.54) is 6.92 Å². The highest BCUT2D eigenvalue weighted by atomic mass is 79.9. The summed E-state index contributed by atoms with van der Waals surface area (Å²) in [4.78, 5) is 23.6. The fourth-order valence-corrected chi connectivity index (χ4v) is 3.77. The number of ether oxygens (including phenoxy) is 2. The van der Waals surface area contributed by atoms with Crippen LogP contribution in [-0.4, -0.2) is 23.1 Å². The molecule has 0 unspecified atom stereocenters. The summed E-state index contributed by atoms with van der Waals surface area (Å²) >= 11 is 9.49. The number of carbonyl (C=O) groups is 2. The van der Waals surface area contributed by atoms with Crippen molar-refractivity contribution >= 4 is 50.4 Å². The van der Waals surface area contributed by atoms with E-state index in [9.17, 15) is 9.59 Å². The van der Waals surface area contributed by atoms with Gasteiger partial charge in [0, 0.05) is 34.8 Å². The van der Waals surface area contributed by atoms with Gasteiger partial charge in [0.15, 0.2) is 0 Å². The number of hydrogen-bond donors (Lipinski definition) is 0. The summed E-state index contributed by atoms with van der Waals surface area (Å²) < 4.78 is 13.1. The van der Waals surface area contributed by atoms with E-state index in [4.69, 9.17) is 21.1 Å². The molecule has 0 radical (unpaired) electrons. The van der Waals surface area contributed by atoms with Crippen LogP contribution < -0.4 is 4.74 Å². The standard InChI is InChI=1S/C21H19BrClNO4/c1-4-27-21(26)10-16-12(2)24(15-7-5-14(23)6-8-15)19-11-20(28-13(3)25)18(22)9-17(16)19/h5-9,11H,4,10H2,1-3H3. The minimum absolute atomic E-state index is 0.149. The van der Waals surface area contributed by atoms with Crippen molar-refractivity contribution in [3.8, 4) is 11.4 Å². The lowest BCUT2D eigenvalue weighted by atomic mass is 10.1. The van der Waals surface area contributed by atoms with Gasteiger partial charge in [-0.05, 0) is 65.7 Å². The number of aromatic nitrogens is 1. The minimum Gasteiger partial charge on any atom is -0.466 e. The molecule has 0 atom stereocenters. The third-order valence-electron chi connectivity index (χ3n) is 4.35.